The van der Waals surface area contributed by atoms with E-state index < -0.39 is 4.92 Å². The molecule has 0 fully saturated rings. The van der Waals surface area contributed by atoms with E-state index in [0.29, 0.717) is 22.3 Å². The monoisotopic (exact) mass is 301 g/mol. The molecule has 0 spiro atoms. The van der Waals surface area contributed by atoms with Crippen LogP contribution in [0.3, 0.4) is 0 Å². The smallest absolute Gasteiger partial charge is 0.270 e. The Morgan fingerprint density at radius 3 is 2.57 bits per heavy atom. The second kappa shape index (κ2) is 5.34. The minimum Gasteiger partial charge on any atom is -0.334 e. The average molecular weight is 302 g/mol. The van der Waals surface area contributed by atoms with Crippen molar-refractivity contribution >= 4 is 17.3 Å². The molecule has 1 heterocycles. The van der Waals surface area contributed by atoms with Crippen LogP contribution in [0, 0.1) is 10.1 Å². The zero-order valence-corrected chi connectivity index (χ0v) is 11.3. The van der Waals surface area contributed by atoms with Gasteiger partial charge in [-0.25, -0.2) is 0 Å². The zero-order chi connectivity index (χ0) is 14.8. The van der Waals surface area contributed by atoms with Gasteiger partial charge in [-0.05, 0) is 24.3 Å². The molecule has 0 radical (unpaired) electrons. The Morgan fingerprint density at radius 1 is 1.10 bits per heavy atom. The molecule has 0 saturated carbocycles. The van der Waals surface area contributed by atoms with E-state index in [1.807, 2.05) is 0 Å². The van der Waals surface area contributed by atoms with Gasteiger partial charge in [0.1, 0.15) is 0 Å². The lowest BCUT2D eigenvalue weighted by Gasteiger charge is -1.95. The van der Waals surface area contributed by atoms with Crippen LogP contribution in [0.15, 0.2) is 53.1 Å². The summed E-state index contributed by atoms with van der Waals surface area (Å²) in [5, 5.41) is 15.2. The van der Waals surface area contributed by atoms with E-state index in [4.69, 9.17) is 16.1 Å². The normalized spacial score (nSPS) is 10.5. The Kier molecular flexibility index (Phi) is 3.37. The number of benzene rings is 2. The molecule has 0 saturated heterocycles. The summed E-state index contributed by atoms with van der Waals surface area (Å²) in [6.07, 6.45) is 0. The summed E-state index contributed by atoms with van der Waals surface area (Å²) in [6.45, 7) is 0. The first-order chi connectivity index (χ1) is 10.1. The van der Waals surface area contributed by atoms with Crippen molar-refractivity contribution in [1.82, 2.24) is 10.1 Å². The van der Waals surface area contributed by atoms with Crippen LogP contribution in [0.2, 0.25) is 5.02 Å². The predicted molar refractivity (Wildman–Crippen MR) is 76.8 cm³/mol. The van der Waals surface area contributed by atoms with Gasteiger partial charge in [-0.2, -0.15) is 4.98 Å². The number of nitrogens with zero attached hydrogens (tertiary/aromatic N) is 3. The van der Waals surface area contributed by atoms with Crippen molar-refractivity contribution in [1.29, 1.82) is 0 Å². The fourth-order valence-electron chi connectivity index (χ4n) is 1.81. The van der Waals surface area contributed by atoms with Gasteiger partial charge in [0, 0.05) is 28.3 Å². The molecule has 0 aliphatic carbocycles. The highest BCUT2D eigenvalue weighted by molar-refractivity contribution is 6.30. The molecule has 6 nitrogen and oxygen atoms in total. The van der Waals surface area contributed by atoms with Gasteiger partial charge in [0.2, 0.25) is 5.82 Å². The lowest BCUT2D eigenvalue weighted by Crippen LogP contribution is -1.88. The van der Waals surface area contributed by atoms with E-state index in [-0.39, 0.29) is 5.69 Å². The van der Waals surface area contributed by atoms with Crippen molar-refractivity contribution in [3.63, 3.8) is 0 Å². The van der Waals surface area contributed by atoms with Crippen LogP contribution in [0.5, 0.6) is 0 Å². The quantitative estimate of drug-likeness (QED) is 0.540. The van der Waals surface area contributed by atoms with Gasteiger partial charge in [-0.3, -0.25) is 10.1 Å². The molecule has 0 aliphatic rings. The van der Waals surface area contributed by atoms with E-state index in [9.17, 15) is 10.1 Å². The minimum atomic E-state index is -0.469. The highest BCUT2D eigenvalue weighted by Gasteiger charge is 2.13. The molecular formula is C14H8ClN3O3. The summed E-state index contributed by atoms with van der Waals surface area (Å²) in [7, 11) is 0. The van der Waals surface area contributed by atoms with Crippen LogP contribution in [-0.2, 0) is 0 Å². The summed E-state index contributed by atoms with van der Waals surface area (Å²) in [4.78, 5) is 14.5. The molecule has 7 heteroatoms. The van der Waals surface area contributed by atoms with Crippen molar-refractivity contribution in [2.24, 2.45) is 0 Å². The highest BCUT2D eigenvalue weighted by atomic mass is 35.5. The number of hydrogen-bond donors (Lipinski definition) is 0. The van der Waals surface area contributed by atoms with Gasteiger partial charge in [-0.15, -0.1) is 0 Å². The molecule has 1 aromatic heterocycles. The van der Waals surface area contributed by atoms with Crippen LogP contribution >= 0.6 is 11.6 Å². The Morgan fingerprint density at radius 2 is 1.86 bits per heavy atom. The summed E-state index contributed by atoms with van der Waals surface area (Å²) >= 11 is 5.82. The number of nitro benzene ring substituents is 1. The second-order valence-corrected chi connectivity index (χ2v) is 4.67. The summed E-state index contributed by atoms with van der Waals surface area (Å²) < 4.78 is 5.17. The van der Waals surface area contributed by atoms with Crippen molar-refractivity contribution < 1.29 is 9.45 Å². The standard InChI is InChI=1S/C14H8ClN3O3/c15-11-6-4-9(5-7-11)14-16-13(17-21-14)10-2-1-3-12(8-10)18(19)20/h1-8H. The van der Waals surface area contributed by atoms with Crippen molar-refractivity contribution in [2.75, 3.05) is 0 Å². The molecule has 3 aromatic rings. The number of non-ortho nitro benzene ring substituents is 1. The minimum absolute atomic E-state index is 0.0228. The highest BCUT2D eigenvalue weighted by Crippen LogP contribution is 2.25. The van der Waals surface area contributed by atoms with Gasteiger partial charge in [0.25, 0.3) is 11.6 Å². The second-order valence-electron chi connectivity index (χ2n) is 4.24. The third-order valence-corrected chi connectivity index (χ3v) is 3.08. The Hall–Kier alpha value is -2.73. The lowest BCUT2D eigenvalue weighted by molar-refractivity contribution is -0.384. The Labute approximate surface area is 124 Å². The van der Waals surface area contributed by atoms with Gasteiger partial charge in [0.05, 0.1) is 4.92 Å². The molecule has 0 N–H and O–H groups in total. The van der Waals surface area contributed by atoms with E-state index >= 15 is 0 Å². The van der Waals surface area contributed by atoms with Crippen LogP contribution in [0.4, 0.5) is 5.69 Å². The van der Waals surface area contributed by atoms with Gasteiger partial charge in [-0.1, -0.05) is 28.9 Å². The largest absolute Gasteiger partial charge is 0.334 e. The molecule has 3 rings (SSSR count). The van der Waals surface area contributed by atoms with Crippen molar-refractivity contribution in [3.8, 4) is 22.8 Å². The number of halogens is 1. The van der Waals surface area contributed by atoms with Crippen LogP contribution in [0.1, 0.15) is 0 Å². The first-order valence-electron chi connectivity index (χ1n) is 5.98. The molecular weight excluding hydrogens is 294 g/mol. The molecule has 2 aromatic carbocycles. The summed E-state index contributed by atoms with van der Waals surface area (Å²) in [5.74, 6) is 0.622. The van der Waals surface area contributed by atoms with Crippen molar-refractivity contribution in [2.45, 2.75) is 0 Å². The lowest BCUT2D eigenvalue weighted by atomic mass is 10.2. The fraction of sp³-hybridized carbons (Fsp3) is 0. The van der Waals surface area contributed by atoms with Gasteiger partial charge >= 0.3 is 0 Å². The Balaban J connectivity index is 1.96. The van der Waals surface area contributed by atoms with Crippen molar-refractivity contribution in [3.05, 3.63) is 63.7 Å². The van der Waals surface area contributed by atoms with Crippen LogP contribution in [-0.4, -0.2) is 15.1 Å². The third kappa shape index (κ3) is 2.75. The van der Waals surface area contributed by atoms with E-state index in [1.54, 1.807) is 36.4 Å². The average Bonchev–Trinajstić information content (AvgIpc) is 2.98. The Bertz CT molecular complexity index is 799. The van der Waals surface area contributed by atoms with Crippen LogP contribution in [0.25, 0.3) is 22.8 Å². The molecule has 0 unspecified atom stereocenters. The molecule has 104 valence electrons. The predicted octanol–water partition coefficient (Wildman–Crippen LogP) is 3.97. The molecule has 0 amide bonds. The maximum absolute atomic E-state index is 10.8. The number of aromatic nitrogens is 2. The molecule has 0 aliphatic heterocycles. The summed E-state index contributed by atoms with van der Waals surface area (Å²) in [6, 6.07) is 13.0. The fourth-order valence-corrected chi connectivity index (χ4v) is 1.94. The van der Waals surface area contributed by atoms with Crippen LogP contribution < -0.4 is 0 Å². The third-order valence-electron chi connectivity index (χ3n) is 2.83. The number of rotatable bonds is 3. The maximum Gasteiger partial charge on any atom is 0.270 e. The number of nitro groups is 1. The number of hydrogen-bond acceptors (Lipinski definition) is 5. The van der Waals surface area contributed by atoms with E-state index in [0.717, 1.165) is 5.56 Å². The molecule has 0 bridgehead atoms. The van der Waals surface area contributed by atoms with E-state index in [2.05, 4.69) is 10.1 Å². The zero-order valence-electron chi connectivity index (χ0n) is 10.6. The summed E-state index contributed by atoms with van der Waals surface area (Å²) in [5.41, 5.74) is 1.22. The first kappa shape index (κ1) is 13.3. The maximum atomic E-state index is 10.8. The van der Waals surface area contributed by atoms with Gasteiger partial charge < -0.3 is 4.52 Å². The first-order valence-corrected chi connectivity index (χ1v) is 6.36. The van der Waals surface area contributed by atoms with E-state index in [1.165, 1.54) is 12.1 Å². The van der Waals surface area contributed by atoms with Gasteiger partial charge in [0.15, 0.2) is 0 Å². The molecule has 21 heavy (non-hydrogen) atoms. The SMILES string of the molecule is O=[N+]([O-])c1cccc(-c2noc(-c3ccc(Cl)cc3)n2)c1. The topological polar surface area (TPSA) is 82.1 Å². The molecule has 0 atom stereocenters.